The molecule has 0 spiro atoms. The van der Waals surface area contributed by atoms with Gasteiger partial charge in [-0.25, -0.2) is 4.98 Å². The fourth-order valence-corrected chi connectivity index (χ4v) is 3.53. The predicted molar refractivity (Wildman–Crippen MR) is 117 cm³/mol. The van der Waals surface area contributed by atoms with E-state index in [9.17, 15) is 0 Å². The van der Waals surface area contributed by atoms with Gasteiger partial charge in [-0.2, -0.15) is 10.1 Å². The largest absolute Gasteiger partial charge is 0.390 e. The molecule has 3 heterocycles. The standard InChI is InChI=1S/C21H22ClN7O/c1-12-8-19(25-20-10-17(27-28-20)13-2-3-13)26-21(24-12)23-11-16-9-18(29-30-16)14-4-6-15(22)7-5-14/h4-8,10,13,16H,2-3,9,11H2,1H3,(H3,23,24,25,26,27,28). The third kappa shape index (κ3) is 4.38. The first-order valence-electron chi connectivity index (χ1n) is 10.0. The number of halogens is 1. The minimum Gasteiger partial charge on any atom is -0.390 e. The number of nitrogens with zero attached hydrogens (tertiary/aromatic N) is 4. The lowest BCUT2D eigenvalue weighted by molar-refractivity contribution is 0.0948. The van der Waals surface area contributed by atoms with Crippen LogP contribution >= 0.6 is 11.6 Å². The molecule has 8 nitrogen and oxygen atoms in total. The number of anilines is 3. The summed E-state index contributed by atoms with van der Waals surface area (Å²) in [6, 6.07) is 11.5. The number of benzene rings is 1. The van der Waals surface area contributed by atoms with Crippen molar-refractivity contribution in [1.29, 1.82) is 0 Å². The summed E-state index contributed by atoms with van der Waals surface area (Å²) >= 11 is 5.95. The molecule has 3 aromatic rings. The Bertz CT molecular complexity index is 1080. The Balaban J connectivity index is 1.18. The first kappa shape index (κ1) is 18.9. The molecule has 0 bridgehead atoms. The van der Waals surface area contributed by atoms with E-state index >= 15 is 0 Å². The van der Waals surface area contributed by atoms with Crippen molar-refractivity contribution in [2.45, 2.75) is 38.2 Å². The summed E-state index contributed by atoms with van der Waals surface area (Å²) in [4.78, 5) is 14.6. The van der Waals surface area contributed by atoms with Gasteiger partial charge in [0.2, 0.25) is 5.95 Å². The molecule has 3 N–H and O–H groups in total. The zero-order valence-corrected chi connectivity index (χ0v) is 17.3. The summed E-state index contributed by atoms with van der Waals surface area (Å²) < 4.78 is 0. The Morgan fingerprint density at radius 1 is 1.13 bits per heavy atom. The van der Waals surface area contributed by atoms with Crippen molar-refractivity contribution < 1.29 is 4.84 Å². The van der Waals surface area contributed by atoms with Crippen LogP contribution in [0.2, 0.25) is 5.02 Å². The van der Waals surface area contributed by atoms with Crippen molar-refractivity contribution in [3.05, 3.63) is 58.4 Å². The summed E-state index contributed by atoms with van der Waals surface area (Å²) in [7, 11) is 0. The summed E-state index contributed by atoms with van der Waals surface area (Å²) in [6.45, 7) is 2.49. The second-order valence-corrected chi connectivity index (χ2v) is 8.12. The molecule has 1 aromatic carbocycles. The molecule has 1 saturated carbocycles. The van der Waals surface area contributed by atoms with E-state index in [1.54, 1.807) is 0 Å². The molecule has 1 aliphatic carbocycles. The number of aryl methyl sites for hydroxylation is 1. The maximum atomic E-state index is 5.95. The Kier molecular flexibility index (Phi) is 5.00. The Hall–Kier alpha value is -3.13. The maximum absolute atomic E-state index is 5.95. The van der Waals surface area contributed by atoms with Crippen LogP contribution in [0.25, 0.3) is 0 Å². The highest BCUT2D eigenvalue weighted by molar-refractivity contribution is 6.30. The SMILES string of the molecule is Cc1cc(Nc2cc(C3CC3)[nH]n2)nc(NCC2CC(c3ccc(Cl)cc3)=NO2)n1. The predicted octanol–water partition coefficient (Wildman–Crippen LogP) is 4.39. The number of hydrogen-bond donors (Lipinski definition) is 3. The van der Waals surface area contributed by atoms with Gasteiger partial charge in [-0.3, -0.25) is 5.10 Å². The van der Waals surface area contributed by atoms with Crippen molar-refractivity contribution in [3.63, 3.8) is 0 Å². The van der Waals surface area contributed by atoms with Gasteiger partial charge in [-0.05, 0) is 37.5 Å². The topological polar surface area (TPSA) is 100 Å². The zero-order valence-electron chi connectivity index (χ0n) is 16.5. The minimum atomic E-state index is -0.0800. The van der Waals surface area contributed by atoms with E-state index in [1.165, 1.54) is 18.5 Å². The molecule has 1 unspecified atom stereocenters. The monoisotopic (exact) mass is 423 g/mol. The van der Waals surface area contributed by atoms with Crippen LogP contribution in [0.3, 0.4) is 0 Å². The maximum Gasteiger partial charge on any atom is 0.224 e. The van der Waals surface area contributed by atoms with E-state index in [0.29, 0.717) is 35.7 Å². The number of hydrogen-bond acceptors (Lipinski definition) is 7. The highest BCUT2D eigenvalue weighted by Crippen LogP contribution is 2.39. The number of H-pyrrole nitrogens is 1. The zero-order chi connectivity index (χ0) is 20.5. The van der Waals surface area contributed by atoms with Gasteiger partial charge in [0.25, 0.3) is 0 Å². The summed E-state index contributed by atoms with van der Waals surface area (Å²) in [6.07, 6.45) is 3.09. The van der Waals surface area contributed by atoms with E-state index in [4.69, 9.17) is 16.4 Å². The molecule has 2 aromatic heterocycles. The second kappa shape index (κ2) is 7.95. The minimum absolute atomic E-state index is 0.0800. The van der Waals surface area contributed by atoms with E-state index in [0.717, 1.165) is 22.8 Å². The summed E-state index contributed by atoms with van der Waals surface area (Å²) in [5.41, 5.74) is 3.97. The first-order chi connectivity index (χ1) is 14.6. The highest BCUT2D eigenvalue weighted by Gasteiger charge is 2.25. The molecule has 1 atom stereocenters. The van der Waals surface area contributed by atoms with E-state index in [-0.39, 0.29) is 6.10 Å². The molecule has 0 radical (unpaired) electrons. The van der Waals surface area contributed by atoms with Gasteiger partial charge in [0, 0.05) is 40.9 Å². The molecule has 9 heteroatoms. The number of aromatic amines is 1. The lowest BCUT2D eigenvalue weighted by Gasteiger charge is -2.11. The van der Waals surface area contributed by atoms with Crippen molar-refractivity contribution in [2.75, 3.05) is 17.2 Å². The van der Waals surface area contributed by atoms with E-state index in [2.05, 4.69) is 36.0 Å². The Labute approximate surface area is 179 Å². The van der Waals surface area contributed by atoms with Gasteiger partial charge in [0.1, 0.15) is 11.9 Å². The lowest BCUT2D eigenvalue weighted by atomic mass is 10.1. The highest BCUT2D eigenvalue weighted by atomic mass is 35.5. The average Bonchev–Trinajstić information content (AvgIpc) is 3.29. The van der Waals surface area contributed by atoms with Gasteiger partial charge < -0.3 is 15.5 Å². The number of oxime groups is 1. The van der Waals surface area contributed by atoms with Crippen LogP contribution in [-0.2, 0) is 4.84 Å². The van der Waals surface area contributed by atoms with E-state index in [1.807, 2.05) is 43.3 Å². The molecular weight excluding hydrogens is 402 g/mol. The number of rotatable bonds is 7. The van der Waals surface area contributed by atoms with Gasteiger partial charge in [0.05, 0.1) is 12.3 Å². The molecule has 1 aliphatic heterocycles. The molecule has 0 amide bonds. The third-order valence-electron chi connectivity index (χ3n) is 5.12. The molecular formula is C21H22ClN7O. The molecule has 30 heavy (non-hydrogen) atoms. The van der Waals surface area contributed by atoms with Crippen LogP contribution in [0, 0.1) is 6.92 Å². The number of nitrogens with one attached hydrogen (secondary N) is 3. The summed E-state index contributed by atoms with van der Waals surface area (Å²) in [5, 5.41) is 18.8. The van der Waals surface area contributed by atoms with Crippen molar-refractivity contribution in [1.82, 2.24) is 20.2 Å². The Morgan fingerprint density at radius 2 is 1.97 bits per heavy atom. The van der Waals surface area contributed by atoms with Crippen LogP contribution in [0.4, 0.5) is 17.6 Å². The Morgan fingerprint density at radius 3 is 2.77 bits per heavy atom. The fraction of sp³-hybridized carbons (Fsp3) is 0.333. The van der Waals surface area contributed by atoms with Crippen LogP contribution in [0.5, 0.6) is 0 Å². The normalized spacial score (nSPS) is 18.1. The van der Waals surface area contributed by atoms with Crippen LogP contribution < -0.4 is 10.6 Å². The fourth-order valence-electron chi connectivity index (χ4n) is 3.40. The third-order valence-corrected chi connectivity index (χ3v) is 5.38. The molecule has 0 saturated heterocycles. The molecule has 5 rings (SSSR count). The molecule has 1 fully saturated rings. The van der Waals surface area contributed by atoms with Gasteiger partial charge in [-0.1, -0.05) is 28.9 Å². The first-order valence-corrected chi connectivity index (χ1v) is 10.4. The van der Waals surface area contributed by atoms with Gasteiger partial charge in [0.15, 0.2) is 5.82 Å². The van der Waals surface area contributed by atoms with Gasteiger partial charge in [-0.15, -0.1) is 0 Å². The van der Waals surface area contributed by atoms with Crippen LogP contribution in [0.15, 0.2) is 41.6 Å². The average molecular weight is 424 g/mol. The molecule has 154 valence electrons. The van der Waals surface area contributed by atoms with Crippen LogP contribution in [0.1, 0.15) is 42.1 Å². The second-order valence-electron chi connectivity index (χ2n) is 7.68. The van der Waals surface area contributed by atoms with Crippen molar-refractivity contribution >= 4 is 34.9 Å². The van der Waals surface area contributed by atoms with Crippen LogP contribution in [-0.4, -0.2) is 38.5 Å². The van der Waals surface area contributed by atoms with Crippen molar-refractivity contribution in [2.24, 2.45) is 5.16 Å². The quantitative estimate of drug-likeness (QED) is 0.521. The summed E-state index contributed by atoms with van der Waals surface area (Å²) in [5.74, 6) is 2.63. The molecule has 2 aliphatic rings. The number of aromatic nitrogens is 4. The van der Waals surface area contributed by atoms with Crippen molar-refractivity contribution in [3.8, 4) is 0 Å². The smallest absolute Gasteiger partial charge is 0.224 e. The van der Waals surface area contributed by atoms with E-state index < -0.39 is 0 Å². The van der Waals surface area contributed by atoms with Gasteiger partial charge >= 0.3 is 0 Å². The lowest BCUT2D eigenvalue weighted by Crippen LogP contribution is -2.21.